The molecule has 0 saturated carbocycles. The van der Waals surface area contributed by atoms with E-state index in [4.69, 9.17) is 5.11 Å². The fraction of sp³-hybridized carbons (Fsp3) is 0.692. The van der Waals surface area contributed by atoms with E-state index >= 15 is 0 Å². The molecule has 2 heterocycles. The standard InChI is InChI=1S/C13H20N2O2S/c1-2-15-5-3-4-10(8-15)6-12-14-11(9-18-12)7-13(16)17/h9-10H,2-8H2,1H3,(H,16,17). The predicted octanol–water partition coefficient (Wildman–Crippen LogP) is 2.04. The summed E-state index contributed by atoms with van der Waals surface area (Å²) in [5.41, 5.74) is 0.700. The third-order valence-corrected chi connectivity index (χ3v) is 4.37. The summed E-state index contributed by atoms with van der Waals surface area (Å²) in [6, 6.07) is 0. The Hall–Kier alpha value is -0.940. The van der Waals surface area contributed by atoms with E-state index in [1.54, 1.807) is 11.3 Å². The van der Waals surface area contributed by atoms with Gasteiger partial charge in [0, 0.05) is 18.3 Å². The Balaban J connectivity index is 1.88. The number of thiazole rings is 1. The van der Waals surface area contributed by atoms with E-state index in [1.807, 2.05) is 5.38 Å². The van der Waals surface area contributed by atoms with Crippen LogP contribution >= 0.6 is 11.3 Å². The smallest absolute Gasteiger partial charge is 0.309 e. The van der Waals surface area contributed by atoms with Gasteiger partial charge >= 0.3 is 5.97 Å². The highest BCUT2D eigenvalue weighted by Crippen LogP contribution is 2.22. The number of hydrogen-bond donors (Lipinski definition) is 1. The molecule has 4 nitrogen and oxygen atoms in total. The van der Waals surface area contributed by atoms with Crippen molar-refractivity contribution in [1.29, 1.82) is 0 Å². The van der Waals surface area contributed by atoms with Crippen LogP contribution in [0.15, 0.2) is 5.38 Å². The fourth-order valence-corrected chi connectivity index (χ4v) is 3.44. The van der Waals surface area contributed by atoms with E-state index in [0.717, 1.165) is 24.5 Å². The van der Waals surface area contributed by atoms with Crippen LogP contribution in [0, 0.1) is 5.92 Å². The van der Waals surface area contributed by atoms with Crippen LogP contribution in [-0.2, 0) is 17.6 Å². The van der Waals surface area contributed by atoms with Crippen molar-refractivity contribution in [3.63, 3.8) is 0 Å². The molecule has 1 atom stereocenters. The van der Waals surface area contributed by atoms with Gasteiger partial charge in [0.05, 0.1) is 17.1 Å². The minimum absolute atomic E-state index is 0.0439. The summed E-state index contributed by atoms with van der Waals surface area (Å²) in [6.07, 6.45) is 3.58. The highest BCUT2D eigenvalue weighted by atomic mass is 32.1. The maximum absolute atomic E-state index is 10.6. The molecule has 1 unspecified atom stereocenters. The quantitative estimate of drug-likeness (QED) is 0.888. The van der Waals surface area contributed by atoms with Gasteiger partial charge in [-0.15, -0.1) is 11.3 Å². The van der Waals surface area contributed by atoms with Crippen molar-refractivity contribution in [3.8, 4) is 0 Å². The molecule has 1 N–H and O–H groups in total. The zero-order valence-electron chi connectivity index (χ0n) is 10.8. The number of nitrogens with zero attached hydrogens (tertiary/aromatic N) is 2. The largest absolute Gasteiger partial charge is 0.481 e. The van der Waals surface area contributed by atoms with Crippen LogP contribution < -0.4 is 0 Å². The Kier molecular flexibility index (Phi) is 4.72. The summed E-state index contributed by atoms with van der Waals surface area (Å²) in [4.78, 5) is 17.5. The molecule has 0 aromatic carbocycles. The number of aliphatic carboxylic acids is 1. The molecule has 0 bridgehead atoms. The van der Waals surface area contributed by atoms with Crippen LogP contribution in [0.4, 0.5) is 0 Å². The number of carboxylic acid groups (broad SMARTS) is 1. The first-order valence-electron chi connectivity index (χ1n) is 6.54. The number of likely N-dealkylation sites (tertiary alicyclic amines) is 1. The van der Waals surface area contributed by atoms with Crippen molar-refractivity contribution < 1.29 is 9.90 Å². The molecule has 18 heavy (non-hydrogen) atoms. The lowest BCUT2D eigenvalue weighted by Gasteiger charge is -2.31. The highest BCUT2D eigenvalue weighted by Gasteiger charge is 2.20. The fourth-order valence-electron chi connectivity index (χ4n) is 2.53. The van der Waals surface area contributed by atoms with E-state index in [-0.39, 0.29) is 6.42 Å². The van der Waals surface area contributed by atoms with Crippen molar-refractivity contribution >= 4 is 17.3 Å². The molecule has 100 valence electrons. The first kappa shape index (κ1) is 13.5. The van der Waals surface area contributed by atoms with E-state index in [2.05, 4.69) is 16.8 Å². The molecule has 0 spiro atoms. The van der Waals surface area contributed by atoms with Crippen LogP contribution in [0.5, 0.6) is 0 Å². The lowest BCUT2D eigenvalue weighted by atomic mass is 9.95. The van der Waals surface area contributed by atoms with Crippen molar-refractivity contribution in [3.05, 3.63) is 16.1 Å². The third kappa shape index (κ3) is 3.78. The third-order valence-electron chi connectivity index (χ3n) is 3.45. The molecule has 1 saturated heterocycles. The summed E-state index contributed by atoms with van der Waals surface area (Å²) in [7, 11) is 0. The van der Waals surface area contributed by atoms with E-state index < -0.39 is 5.97 Å². The second-order valence-electron chi connectivity index (χ2n) is 4.91. The summed E-state index contributed by atoms with van der Waals surface area (Å²) in [6.45, 7) is 5.70. The van der Waals surface area contributed by atoms with Gasteiger partial charge in [-0.3, -0.25) is 4.79 Å². The molecule has 1 fully saturated rings. The van der Waals surface area contributed by atoms with E-state index in [1.165, 1.54) is 19.4 Å². The number of aromatic nitrogens is 1. The number of carboxylic acids is 1. The minimum atomic E-state index is -0.804. The highest BCUT2D eigenvalue weighted by molar-refractivity contribution is 7.09. The van der Waals surface area contributed by atoms with Gasteiger partial charge in [0.1, 0.15) is 0 Å². The van der Waals surface area contributed by atoms with Gasteiger partial charge in [-0.2, -0.15) is 0 Å². The van der Waals surface area contributed by atoms with Crippen LogP contribution in [-0.4, -0.2) is 40.6 Å². The maximum Gasteiger partial charge on any atom is 0.309 e. The van der Waals surface area contributed by atoms with Gasteiger partial charge in [0.15, 0.2) is 0 Å². The Bertz CT molecular complexity index is 405. The summed E-state index contributed by atoms with van der Waals surface area (Å²) in [5, 5.41) is 11.7. The van der Waals surface area contributed by atoms with Crippen molar-refractivity contribution in [1.82, 2.24) is 9.88 Å². The average Bonchev–Trinajstić information content (AvgIpc) is 2.76. The van der Waals surface area contributed by atoms with Crippen molar-refractivity contribution in [2.24, 2.45) is 5.92 Å². The topological polar surface area (TPSA) is 53.4 Å². The van der Waals surface area contributed by atoms with E-state index in [0.29, 0.717) is 11.6 Å². The number of carbonyl (C=O) groups is 1. The summed E-state index contributed by atoms with van der Waals surface area (Å²) < 4.78 is 0. The minimum Gasteiger partial charge on any atom is -0.481 e. The molecular formula is C13H20N2O2S. The summed E-state index contributed by atoms with van der Waals surface area (Å²) >= 11 is 1.60. The first-order valence-corrected chi connectivity index (χ1v) is 7.42. The Morgan fingerprint density at radius 3 is 3.22 bits per heavy atom. The molecule has 5 heteroatoms. The first-order chi connectivity index (χ1) is 8.67. The molecule has 0 radical (unpaired) electrons. The normalized spacial score (nSPS) is 21.1. The average molecular weight is 268 g/mol. The SMILES string of the molecule is CCN1CCCC(Cc2nc(CC(=O)O)cs2)C1. The Labute approximate surface area is 112 Å². The van der Waals surface area contributed by atoms with Crippen LogP contribution in [0.2, 0.25) is 0 Å². The zero-order chi connectivity index (χ0) is 13.0. The summed E-state index contributed by atoms with van der Waals surface area (Å²) in [5.74, 6) is -0.121. The van der Waals surface area contributed by atoms with Crippen molar-refractivity contribution in [2.45, 2.75) is 32.6 Å². The van der Waals surface area contributed by atoms with Gasteiger partial charge in [-0.05, 0) is 31.8 Å². The van der Waals surface area contributed by atoms with Gasteiger partial charge in [-0.1, -0.05) is 6.92 Å². The molecule has 1 aliphatic heterocycles. The van der Waals surface area contributed by atoms with Crippen LogP contribution in [0.1, 0.15) is 30.5 Å². The monoisotopic (exact) mass is 268 g/mol. The second-order valence-corrected chi connectivity index (χ2v) is 5.85. The molecular weight excluding hydrogens is 248 g/mol. The molecule has 1 aliphatic rings. The molecule has 2 rings (SSSR count). The van der Waals surface area contributed by atoms with Crippen LogP contribution in [0.3, 0.4) is 0 Å². The lowest BCUT2D eigenvalue weighted by Crippen LogP contribution is -2.35. The zero-order valence-corrected chi connectivity index (χ0v) is 11.6. The molecule has 1 aromatic rings. The Morgan fingerprint density at radius 2 is 2.50 bits per heavy atom. The van der Waals surface area contributed by atoms with Gasteiger partial charge in [-0.25, -0.2) is 4.98 Å². The lowest BCUT2D eigenvalue weighted by molar-refractivity contribution is -0.136. The number of rotatable bonds is 5. The second kappa shape index (κ2) is 6.29. The predicted molar refractivity (Wildman–Crippen MR) is 72.0 cm³/mol. The molecule has 0 amide bonds. The Morgan fingerprint density at radius 1 is 1.67 bits per heavy atom. The van der Waals surface area contributed by atoms with Gasteiger partial charge < -0.3 is 10.0 Å². The van der Waals surface area contributed by atoms with Gasteiger partial charge in [0.25, 0.3) is 0 Å². The number of piperidine rings is 1. The number of hydrogen-bond acceptors (Lipinski definition) is 4. The molecule has 1 aromatic heterocycles. The van der Waals surface area contributed by atoms with Gasteiger partial charge in [0.2, 0.25) is 0 Å². The maximum atomic E-state index is 10.6. The van der Waals surface area contributed by atoms with Crippen LogP contribution in [0.25, 0.3) is 0 Å². The molecule has 0 aliphatic carbocycles. The van der Waals surface area contributed by atoms with E-state index in [9.17, 15) is 4.79 Å². The van der Waals surface area contributed by atoms with Crippen molar-refractivity contribution in [2.75, 3.05) is 19.6 Å².